The molecule has 4 aliphatic rings. The smallest absolute Gasteiger partial charge is 0.233 e. The third-order valence-electron chi connectivity index (χ3n) is 7.99. The van der Waals surface area contributed by atoms with Gasteiger partial charge in [0.05, 0.1) is 11.8 Å². The molecule has 184 valence electrons. The molecular weight excluding hydrogens is 541 g/mol. The molecule has 3 fully saturated rings. The first kappa shape index (κ1) is 25.2. The molecule has 7 nitrogen and oxygen atoms in total. The highest BCUT2D eigenvalue weighted by Gasteiger charge is 2.58. The summed E-state index contributed by atoms with van der Waals surface area (Å²) in [5.41, 5.74) is 1.36. The number of halogens is 1. The van der Waals surface area contributed by atoms with Crippen LogP contribution >= 0.6 is 24.0 Å². The van der Waals surface area contributed by atoms with E-state index in [2.05, 4.69) is 69.9 Å². The van der Waals surface area contributed by atoms with Gasteiger partial charge in [-0.2, -0.15) is 0 Å². The summed E-state index contributed by atoms with van der Waals surface area (Å²) in [6.07, 6.45) is 6.40. The number of hydrogen-bond acceptors (Lipinski definition) is 4. The summed E-state index contributed by atoms with van der Waals surface area (Å²) in [5.74, 6) is 1.62. The summed E-state index contributed by atoms with van der Waals surface area (Å²) in [5, 5.41) is 6.73. The van der Waals surface area contributed by atoms with Gasteiger partial charge < -0.3 is 10.6 Å². The van der Waals surface area contributed by atoms with E-state index in [1.807, 2.05) is 0 Å². The molecule has 6 unspecified atom stereocenters. The fourth-order valence-corrected chi connectivity index (χ4v) is 6.34. The van der Waals surface area contributed by atoms with Crippen molar-refractivity contribution >= 4 is 41.8 Å². The largest absolute Gasteiger partial charge is 0.356 e. The maximum Gasteiger partial charge on any atom is 0.233 e. The fourth-order valence-electron chi connectivity index (χ4n) is 6.34. The molecule has 2 heterocycles. The van der Waals surface area contributed by atoms with Crippen LogP contribution in [0.25, 0.3) is 0 Å². The van der Waals surface area contributed by atoms with E-state index in [4.69, 9.17) is 0 Å². The van der Waals surface area contributed by atoms with Gasteiger partial charge in [-0.1, -0.05) is 42.5 Å². The molecule has 1 aromatic carbocycles. The van der Waals surface area contributed by atoms with Gasteiger partial charge in [-0.25, -0.2) is 0 Å². The maximum atomic E-state index is 12.8. The van der Waals surface area contributed by atoms with Crippen molar-refractivity contribution in [3.63, 3.8) is 0 Å². The molecule has 2 saturated heterocycles. The number of fused-ring (bicyclic) bond motifs is 5. The van der Waals surface area contributed by atoms with Crippen molar-refractivity contribution < 1.29 is 9.59 Å². The van der Waals surface area contributed by atoms with E-state index in [1.54, 1.807) is 7.05 Å². The minimum absolute atomic E-state index is 0. The van der Waals surface area contributed by atoms with Gasteiger partial charge in [-0.05, 0) is 43.1 Å². The molecule has 5 rings (SSSR count). The third kappa shape index (κ3) is 4.89. The topological polar surface area (TPSA) is 77.0 Å². The normalized spacial score (nSPS) is 32.3. The quantitative estimate of drug-likeness (QED) is 0.171. The first-order valence-corrected chi connectivity index (χ1v) is 12.3. The van der Waals surface area contributed by atoms with E-state index in [1.165, 1.54) is 10.5 Å². The number of aliphatic imine (C=N–C) groups is 1. The van der Waals surface area contributed by atoms with Crippen molar-refractivity contribution in [1.29, 1.82) is 0 Å². The Balaban J connectivity index is 0.00000274. The molecule has 1 saturated carbocycles. The molecule has 0 aromatic heterocycles. The van der Waals surface area contributed by atoms with Crippen LogP contribution in [0.5, 0.6) is 0 Å². The molecule has 8 heteroatoms. The minimum atomic E-state index is -0.117. The highest BCUT2D eigenvalue weighted by Crippen LogP contribution is 2.52. The Labute approximate surface area is 219 Å². The lowest BCUT2D eigenvalue weighted by Gasteiger charge is -2.21. The number of imide groups is 1. The van der Waals surface area contributed by atoms with Gasteiger partial charge >= 0.3 is 0 Å². The third-order valence-corrected chi connectivity index (χ3v) is 7.99. The highest BCUT2D eigenvalue weighted by atomic mass is 127. The molecule has 0 spiro atoms. The zero-order valence-electron chi connectivity index (χ0n) is 20.0. The number of allylic oxidation sites excluding steroid dienone is 2. The Morgan fingerprint density at radius 2 is 1.71 bits per heavy atom. The van der Waals surface area contributed by atoms with Crippen molar-refractivity contribution in [3.8, 4) is 0 Å². The first-order valence-electron chi connectivity index (χ1n) is 12.3. The van der Waals surface area contributed by atoms with Crippen molar-refractivity contribution in [2.24, 2.45) is 34.6 Å². The molecule has 1 aromatic rings. The Morgan fingerprint density at radius 1 is 1.03 bits per heavy atom. The van der Waals surface area contributed by atoms with Crippen LogP contribution < -0.4 is 10.6 Å². The van der Waals surface area contributed by atoms with Gasteiger partial charge in [0.1, 0.15) is 0 Å². The summed E-state index contributed by atoms with van der Waals surface area (Å²) in [4.78, 5) is 34.0. The van der Waals surface area contributed by atoms with Crippen LogP contribution in [-0.2, 0) is 16.1 Å². The number of hydrogen-bond donors (Lipinski definition) is 2. The van der Waals surface area contributed by atoms with Crippen molar-refractivity contribution in [2.75, 3.05) is 33.2 Å². The van der Waals surface area contributed by atoms with E-state index in [9.17, 15) is 9.59 Å². The van der Waals surface area contributed by atoms with Gasteiger partial charge in [0, 0.05) is 45.8 Å². The number of likely N-dealkylation sites (tertiary alicyclic amines) is 2. The SMILES string of the molecule is CN=C(NCCN1C(=O)C2C3C=CC(C3)C2C1=O)NCC1CC(C)N(Cc2ccccc2)C1.I. The Bertz CT molecular complexity index is 922. The number of carbonyl (C=O) groups is 2. The zero-order valence-corrected chi connectivity index (χ0v) is 22.4. The Hall–Kier alpha value is -1.94. The maximum absolute atomic E-state index is 12.8. The second kappa shape index (κ2) is 10.8. The highest BCUT2D eigenvalue weighted by molar-refractivity contribution is 14.0. The standard InChI is InChI=1S/C26H35N5O2.HI/c1-17-12-19(16-30(17)15-18-6-4-3-5-7-18)14-29-26(27-2)28-10-11-31-24(32)22-20-8-9-21(13-20)23(22)25(31)33;/h3-9,17,19-23H,10-16H2,1-2H3,(H2,27,28,29);1H. The molecule has 2 bridgehead atoms. The van der Waals surface area contributed by atoms with E-state index < -0.39 is 0 Å². The first-order chi connectivity index (χ1) is 16.0. The van der Waals surface area contributed by atoms with Crippen LogP contribution in [0.3, 0.4) is 0 Å². The zero-order chi connectivity index (χ0) is 22.9. The number of rotatable bonds is 7. The number of carbonyl (C=O) groups excluding carboxylic acids is 2. The summed E-state index contributed by atoms with van der Waals surface area (Å²) < 4.78 is 0. The number of amides is 2. The molecule has 2 N–H and O–H groups in total. The number of nitrogens with one attached hydrogen (secondary N) is 2. The summed E-state index contributed by atoms with van der Waals surface area (Å²) in [6.45, 7) is 6.13. The van der Waals surface area contributed by atoms with Crippen molar-refractivity contribution in [1.82, 2.24) is 20.4 Å². The molecule has 2 aliphatic carbocycles. The van der Waals surface area contributed by atoms with Gasteiger partial charge in [0.15, 0.2) is 5.96 Å². The Morgan fingerprint density at radius 3 is 2.35 bits per heavy atom. The van der Waals surface area contributed by atoms with Gasteiger partial charge in [0.25, 0.3) is 0 Å². The van der Waals surface area contributed by atoms with E-state index in [0.29, 0.717) is 25.0 Å². The summed E-state index contributed by atoms with van der Waals surface area (Å²) in [7, 11) is 1.76. The lowest BCUT2D eigenvalue weighted by atomic mass is 9.85. The van der Waals surface area contributed by atoms with E-state index in [-0.39, 0.29) is 59.5 Å². The van der Waals surface area contributed by atoms with Crippen LogP contribution in [0, 0.1) is 29.6 Å². The molecule has 2 aliphatic heterocycles. The van der Waals surface area contributed by atoms with Crippen LogP contribution in [-0.4, -0.2) is 66.8 Å². The predicted octanol–water partition coefficient (Wildman–Crippen LogP) is 2.49. The number of guanidine groups is 1. The molecule has 0 radical (unpaired) electrons. The average molecular weight is 578 g/mol. The summed E-state index contributed by atoms with van der Waals surface area (Å²) >= 11 is 0. The van der Waals surface area contributed by atoms with Gasteiger partial charge in [0.2, 0.25) is 11.8 Å². The second-order valence-corrected chi connectivity index (χ2v) is 10.1. The molecular formula is C26H36IN5O2. The molecule has 2 amide bonds. The molecule has 6 atom stereocenters. The van der Waals surface area contributed by atoms with E-state index in [0.717, 1.165) is 38.4 Å². The molecule has 34 heavy (non-hydrogen) atoms. The Kier molecular flexibility index (Phi) is 7.97. The van der Waals surface area contributed by atoms with Crippen LogP contribution in [0.1, 0.15) is 25.3 Å². The number of nitrogens with zero attached hydrogens (tertiary/aromatic N) is 3. The summed E-state index contributed by atoms with van der Waals surface area (Å²) in [6, 6.07) is 11.2. The van der Waals surface area contributed by atoms with Gasteiger partial charge in [-0.3, -0.25) is 24.4 Å². The second-order valence-electron chi connectivity index (χ2n) is 10.1. The predicted molar refractivity (Wildman–Crippen MR) is 144 cm³/mol. The monoisotopic (exact) mass is 577 g/mol. The lowest BCUT2D eigenvalue weighted by Crippen LogP contribution is -2.44. The van der Waals surface area contributed by atoms with Gasteiger partial charge in [-0.15, -0.1) is 24.0 Å². The minimum Gasteiger partial charge on any atom is -0.356 e. The van der Waals surface area contributed by atoms with Crippen LogP contribution in [0.4, 0.5) is 0 Å². The fraction of sp³-hybridized carbons (Fsp3) is 0.577. The number of benzene rings is 1. The van der Waals surface area contributed by atoms with Crippen LogP contribution in [0.2, 0.25) is 0 Å². The van der Waals surface area contributed by atoms with Crippen molar-refractivity contribution in [2.45, 2.75) is 32.4 Å². The average Bonchev–Trinajstić information content (AvgIpc) is 3.57. The van der Waals surface area contributed by atoms with Crippen LogP contribution in [0.15, 0.2) is 47.5 Å². The van der Waals surface area contributed by atoms with E-state index >= 15 is 0 Å². The van der Waals surface area contributed by atoms with Crippen molar-refractivity contribution in [3.05, 3.63) is 48.0 Å². The lowest BCUT2D eigenvalue weighted by molar-refractivity contribution is -0.140.